The Morgan fingerprint density at radius 2 is 1.75 bits per heavy atom. The van der Waals surface area contributed by atoms with Crippen molar-refractivity contribution in [3.05, 3.63) is 28.2 Å². The van der Waals surface area contributed by atoms with Gasteiger partial charge in [-0.25, -0.2) is 0 Å². The van der Waals surface area contributed by atoms with Gasteiger partial charge in [-0.1, -0.05) is 42.8 Å². The summed E-state index contributed by atoms with van der Waals surface area (Å²) in [5, 5.41) is 0.238. The molecule has 1 aromatic carbocycles. The minimum absolute atomic E-state index is 0.238. The summed E-state index contributed by atoms with van der Waals surface area (Å²) in [6, 6.07) is 6.13. The van der Waals surface area contributed by atoms with Gasteiger partial charge < -0.3 is 4.43 Å². The molecule has 0 unspecified atom stereocenters. The van der Waals surface area contributed by atoms with E-state index in [1.807, 2.05) is 12.1 Å². The molecule has 1 rings (SSSR count). The number of halogens is 1. The molecule has 0 aliphatic heterocycles. The Morgan fingerprint density at radius 3 is 2.25 bits per heavy atom. The van der Waals surface area contributed by atoms with E-state index in [2.05, 4.69) is 62.8 Å². The molecule has 0 spiro atoms. The standard InChI is InChI=1S/C13H21BrOSi/c1-10-11(14)8-7-9-12(10)15-16(5,6)13(2,3)4/h7-9H,1-6H3. The minimum atomic E-state index is -1.72. The average Bonchev–Trinajstić information content (AvgIpc) is 2.11. The van der Waals surface area contributed by atoms with Crippen LogP contribution in [0.5, 0.6) is 5.75 Å². The van der Waals surface area contributed by atoms with Crippen molar-refractivity contribution >= 4 is 24.2 Å². The van der Waals surface area contributed by atoms with Gasteiger partial charge in [-0.15, -0.1) is 0 Å². The van der Waals surface area contributed by atoms with E-state index in [-0.39, 0.29) is 5.04 Å². The van der Waals surface area contributed by atoms with Crippen molar-refractivity contribution in [2.45, 2.75) is 45.8 Å². The first-order chi connectivity index (χ1) is 7.15. The molecule has 1 aromatic rings. The second-order valence-electron chi connectivity index (χ2n) is 5.73. The van der Waals surface area contributed by atoms with Crippen LogP contribution in [-0.2, 0) is 0 Å². The monoisotopic (exact) mass is 300 g/mol. The zero-order valence-corrected chi connectivity index (χ0v) is 13.6. The summed E-state index contributed by atoms with van der Waals surface area (Å²) in [5.41, 5.74) is 1.19. The van der Waals surface area contributed by atoms with E-state index in [0.29, 0.717) is 0 Å². The van der Waals surface area contributed by atoms with E-state index in [1.54, 1.807) is 0 Å². The topological polar surface area (TPSA) is 9.23 Å². The SMILES string of the molecule is Cc1c(Br)cccc1O[Si](C)(C)C(C)(C)C. The van der Waals surface area contributed by atoms with Crippen LogP contribution in [0.25, 0.3) is 0 Å². The van der Waals surface area contributed by atoms with Gasteiger partial charge in [-0.2, -0.15) is 0 Å². The maximum atomic E-state index is 6.29. The molecular weight excluding hydrogens is 280 g/mol. The highest BCUT2D eigenvalue weighted by Gasteiger charge is 2.39. The molecule has 0 saturated heterocycles. The molecule has 0 bridgehead atoms. The van der Waals surface area contributed by atoms with Crippen LogP contribution in [0.4, 0.5) is 0 Å². The first-order valence-electron chi connectivity index (χ1n) is 5.59. The zero-order chi connectivity index (χ0) is 12.6. The fourth-order valence-corrected chi connectivity index (χ4v) is 2.55. The average molecular weight is 301 g/mol. The number of benzene rings is 1. The lowest BCUT2D eigenvalue weighted by molar-refractivity contribution is 0.489. The lowest BCUT2D eigenvalue weighted by Crippen LogP contribution is -2.44. The van der Waals surface area contributed by atoms with Crippen molar-refractivity contribution in [2.75, 3.05) is 0 Å². The molecule has 3 heteroatoms. The van der Waals surface area contributed by atoms with Crippen molar-refractivity contribution < 1.29 is 4.43 Å². The van der Waals surface area contributed by atoms with Gasteiger partial charge in [-0.3, -0.25) is 0 Å². The van der Waals surface area contributed by atoms with Gasteiger partial charge in [0.15, 0.2) is 0 Å². The van der Waals surface area contributed by atoms with E-state index >= 15 is 0 Å². The van der Waals surface area contributed by atoms with E-state index in [1.165, 1.54) is 5.56 Å². The quantitative estimate of drug-likeness (QED) is 0.687. The van der Waals surface area contributed by atoms with Crippen molar-refractivity contribution in [1.29, 1.82) is 0 Å². The van der Waals surface area contributed by atoms with E-state index in [0.717, 1.165) is 10.2 Å². The van der Waals surface area contributed by atoms with Crippen LogP contribution in [-0.4, -0.2) is 8.32 Å². The van der Waals surface area contributed by atoms with Gasteiger partial charge in [0.2, 0.25) is 8.32 Å². The Hall–Kier alpha value is -0.283. The zero-order valence-electron chi connectivity index (χ0n) is 11.0. The molecular formula is C13H21BrOSi. The lowest BCUT2D eigenvalue weighted by Gasteiger charge is -2.37. The summed E-state index contributed by atoms with van der Waals surface area (Å²) in [7, 11) is -1.72. The number of rotatable bonds is 2. The van der Waals surface area contributed by atoms with Crippen LogP contribution in [0.15, 0.2) is 22.7 Å². The molecule has 0 N–H and O–H groups in total. The highest BCUT2D eigenvalue weighted by Crippen LogP contribution is 2.38. The van der Waals surface area contributed by atoms with E-state index in [4.69, 9.17) is 4.43 Å². The number of hydrogen-bond acceptors (Lipinski definition) is 1. The third kappa shape index (κ3) is 2.89. The molecule has 0 aliphatic carbocycles. The summed E-state index contributed by atoms with van der Waals surface area (Å²) in [6.07, 6.45) is 0. The molecule has 0 radical (unpaired) electrons. The first kappa shape index (κ1) is 13.8. The van der Waals surface area contributed by atoms with Crippen molar-refractivity contribution in [2.24, 2.45) is 0 Å². The fourth-order valence-electron chi connectivity index (χ4n) is 1.13. The molecule has 0 saturated carbocycles. The van der Waals surface area contributed by atoms with Gasteiger partial charge in [0.25, 0.3) is 0 Å². The molecule has 16 heavy (non-hydrogen) atoms. The smallest absolute Gasteiger partial charge is 0.250 e. The predicted molar refractivity (Wildman–Crippen MR) is 76.7 cm³/mol. The van der Waals surface area contributed by atoms with Crippen LogP contribution in [0.1, 0.15) is 26.3 Å². The Labute approximate surface area is 108 Å². The highest BCUT2D eigenvalue weighted by molar-refractivity contribution is 9.10. The van der Waals surface area contributed by atoms with E-state index in [9.17, 15) is 0 Å². The molecule has 90 valence electrons. The Kier molecular flexibility index (Phi) is 3.90. The largest absolute Gasteiger partial charge is 0.543 e. The minimum Gasteiger partial charge on any atom is -0.543 e. The summed E-state index contributed by atoms with van der Waals surface area (Å²) in [6.45, 7) is 13.4. The predicted octanol–water partition coefficient (Wildman–Crippen LogP) is 5.14. The van der Waals surface area contributed by atoms with E-state index < -0.39 is 8.32 Å². The summed E-state index contributed by atoms with van der Waals surface area (Å²) in [4.78, 5) is 0. The van der Waals surface area contributed by atoms with Gasteiger partial charge in [0.1, 0.15) is 5.75 Å². The lowest BCUT2D eigenvalue weighted by atomic mass is 10.2. The second-order valence-corrected chi connectivity index (χ2v) is 11.3. The summed E-state index contributed by atoms with van der Waals surface area (Å²) >= 11 is 3.54. The van der Waals surface area contributed by atoms with Crippen LogP contribution < -0.4 is 4.43 Å². The van der Waals surface area contributed by atoms with Crippen molar-refractivity contribution in [3.8, 4) is 5.75 Å². The highest BCUT2D eigenvalue weighted by atomic mass is 79.9. The van der Waals surface area contributed by atoms with Crippen LogP contribution in [0.3, 0.4) is 0 Å². The van der Waals surface area contributed by atoms with Crippen molar-refractivity contribution in [3.63, 3.8) is 0 Å². The Balaban J connectivity index is 3.02. The van der Waals surface area contributed by atoms with Crippen LogP contribution >= 0.6 is 15.9 Å². The maximum Gasteiger partial charge on any atom is 0.250 e. The third-order valence-electron chi connectivity index (χ3n) is 3.39. The fraction of sp³-hybridized carbons (Fsp3) is 0.538. The second kappa shape index (κ2) is 4.53. The summed E-state index contributed by atoms with van der Waals surface area (Å²) in [5.74, 6) is 1.01. The number of hydrogen-bond donors (Lipinski definition) is 0. The normalized spacial score (nSPS) is 12.7. The van der Waals surface area contributed by atoms with Gasteiger partial charge >= 0.3 is 0 Å². The Morgan fingerprint density at radius 1 is 1.19 bits per heavy atom. The maximum absolute atomic E-state index is 6.29. The third-order valence-corrected chi connectivity index (χ3v) is 8.59. The molecule has 0 atom stereocenters. The molecule has 0 amide bonds. The summed E-state index contributed by atoms with van der Waals surface area (Å²) < 4.78 is 7.40. The molecule has 0 aromatic heterocycles. The van der Waals surface area contributed by atoms with Gasteiger partial charge in [-0.05, 0) is 37.2 Å². The molecule has 0 fully saturated rings. The molecule has 1 nitrogen and oxygen atoms in total. The van der Waals surface area contributed by atoms with Gasteiger partial charge in [0.05, 0.1) is 0 Å². The Bertz CT molecular complexity index is 380. The van der Waals surface area contributed by atoms with Crippen LogP contribution in [0, 0.1) is 6.92 Å². The first-order valence-corrected chi connectivity index (χ1v) is 9.29. The molecule has 0 heterocycles. The van der Waals surface area contributed by atoms with Crippen LogP contribution in [0.2, 0.25) is 18.1 Å². The van der Waals surface area contributed by atoms with Crippen molar-refractivity contribution in [1.82, 2.24) is 0 Å². The van der Waals surface area contributed by atoms with Gasteiger partial charge in [0, 0.05) is 10.0 Å². The molecule has 0 aliphatic rings.